The molecule has 1 aliphatic rings. The Morgan fingerprint density at radius 2 is 1.64 bits per heavy atom. The molecule has 0 bridgehead atoms. The van der Waals surface area contributed by atoms with E-state index in [1.165, 1.54) is 6.08 Å². The number of benzene rings is 1. The largest absolute Gasteiger partial charge is 0.483 e. The van der Waals surface area contributed by atoms with E-state index in [4.69, 9.17) is 4.74 Å². The van der Waals surface area contributed by atoms with Gasteiger partial charge in [-0.2, -0.15) is 0 Å². The van der Waals surface area contributed by atoms with E-state index in [-0.39, 0.29) is 27.6 Å². The molecule has 1 heterocycles. The van der Waals surface area contributed by atoms with Gasteiger partial charge in [0.25, 0.3) is 0 Å². The topological polar surface area (TPSA) is 60.4 Å². The Hall–Kier alpha value is -1.62. The lowest BCUT2D eigenvalue weighted by Crippen LogP contribution is -2.28. The number of sulfone groups is 1. The van der Waals surface area contributed by atoms with Gasteiger partial charge in [0.15, 0.2) is 15.4 Å². The van der Waals surface area contributed by atoms with Crippen molar-refractivity contribution >= 4 is 15.6 Å². The van der Waals surface area contributed by atoms with Crippen molar-refractivity contribution in [3.8, 4) is 0 Å². The fourth-order valence-corrected chi connectivity index (χ4v) is 3.47. The first kappa shape index (κ1) is 16.7. The van der Waals surface area contributed by atoms with Gasteiger partial charge in [0.05, 0.1) is 4.90 Å². The van der Waals surface area contributed by atoms with Crippen molar-refractivity contribution in [2.24, 2.45) is 0 Å². The van der Waals surface area contributed by atoms with Crippen LogP contribution in [0.1, 0.15) is 40.2 Å². The van der Waals surface area contributed by atoms with Crippen molar-refractivity contribution in [2.75, 3.05) is 5.75 Å². The Morgan fingerprint density at radius 1 is 1.09 bits per heavy atom. The summed E-state index contributed by atoms with van der Waals surface area (Å²) in [5.41, 5.74) is 0.0654. The van der Waals surface area contributed by atoms with Crippen LogP contribution in [0.5, 0.6) is 0 Å². The number of ether oxygens (including phenoxy) is 1. The van der Waals surface area contributed by atoms with Gasteiger partial charge >= 0.3 is 0 Å². The van der Waals surface area contributed by atoms with E-state index in [2.05, 4.69) is 20.8 Å². The van der Waals surface area contributed by atoms with Crippen molar-refractivity contribution in [1.29, 1.82) is 0 Å². The van der Waals surface area contributed by atoms with Gasteiger partial charge in [-0.1, -0.05) is 32.9 Å². The van der Waals surface area contributed by atoms with Crippen LogP contribution in [0, 0.1) is 0 Å². The molecule has 2 rings (SSSR count). The minimum atomic E-state index is -3.53. The Kier molecular flexibility index (Phi) is 3.98. The van der Waals surface area contributed by atoms with Gasteiger partial charge in [-0.05, 0) is 37.0 Å². The monoisotopic (exact) mass is 322 g/mol. The number of carbonyl (C=O) groups is 1. The number of ketones is 1. The van der Waals surface area contributed by atoms with E-state index in [1.54, 1.807) is 26.0 Å². The fourth-order valence-electron chi connectivity index (χ4n) is 2.23. The molecule has 1 aromatic carbocycles. The average Bonchev–Trinajstić information content (AvgIpc) is 2.60. The van der Waals surface area contributed by atoms with Gasteiger partial charge in [-0.3, -0.25) is 4.79 Å². The molecule has 0 saturated carbocycles. The highest BCUT2D eigenvalue weighted by atomic mass is 32.2. The van der Waals surface area contributed by atoms with Gasteiger partial charge < -0.3 is 4.74 Å². The van der Waals surface area contributed by atoms with Crippen LogP contribution < -0.4 is 0 Å². The van der Waals surface area contributed by atoms with Crippen molar-refractivity contribution in [3.63, 3.8) is 0 Å². The predicted molar refractivity (Wildman–Crippen MR) is 85.4 cm³/mol. The predicted octanol–water partition coefficient (Wildman–Crippen LogP) is 3.02. The molecular formula is C17H22O4S. The third-order valence-electron chi connectivity index (χ3n) is 3.68. The molecule has 0 atom stereocenters. The van der Waals surface area contributed by atoms with E-state index in [0.717, 1.165) is 5.56 Å². The smallest absolute Gasteiger partial charge is 0.201 e. The summed E-state index contributed by atoms with van der Waals surface area (Å²) in [5.74, 6) is -0.299. The zero-order valence-corrected chi connectivity index (χ0v) is 14.5. The van der Waals surface area contributed by atoms with E-state index >= 15 is 0 Å². The lowest BCUT2D eigenvalue weighted by molar-refractivity contribution is -0.126. The summed E-state index contributed by atoms with van der Waals surface area (Å²) in [5, 5.41) is 0. The summed E-state index contributed by atoms with van der Waals surface area (Å²) in [4.78, 5) is 11.9. The van der Waals surface area contributed by atoms with Gasteiger partial charge in [0, 0.05) is 6.08 Å². The maximum absolute atomic E-state index is 12.4. The zero-order valence-electron chi connectivity index (χ0n) is 13.6. The molecule has 22 heavy (non-hydrogen) atoms. The van der Waals surface area contributed by atoms with Crippen LogP contribution in [0.25, 0.3) is 0 Å². The number of carbonyl (C=O) groups excluding carboxylic acids is 1. The summed E-state index contributed by atoms with van der Waals surface area (Å²) in [6.07, 6.45) is 1.28. The van der Waals surface area contributed by atoms with Crippen molar-refractivity contribution in [2.45, 2.75) is 50.5 Å². The number of rotatable bonds is 3. The molecule has 0 spiro atoms. The molecule has 0 aromatic heterocycles. The molecular weight excluding hydrogens is 300 g/mol. The summed E-state index contributed by atoms with van der Waals surface area (Å²) in [7, 11) is -3.53. The zero-order chi connectivity index (χ0) is 16.8. The highest BCUT2D eigenvalue weighted by molar-refractivity contribution is 7.91. The normalized spacial score (nSPS) is 18.0. The highest BCUT2D eigenvalue weighted by Gasteiger charge is 2.36. The van der Waals surface area contributed by atoms with Gasteiger partial charge in [-0.15, -0.1) is 0 Å². The Balaban J connectivity index is 2.22. The minimum Gasteiger partial charge on any atom is -0.483 e. The SMILES string of the molecule is CC1(C)OC(CS(=O)(=O)c2ccc(C(C)(C)C)cc2)=CC1=O. The first-order valence-electron chi connectivity index (χ1n) is 7.19. The summed E-state index contributed by atoms with van der Waals surface area (Å²) in [6, 6.07) is 6.87. The first-order valence-corrected chi connectivity index (χ1v) is 8.84. The van der Waals surface area contributed by atoms with Crippen LogP contribution in [-0.4, -0.2) is 25.6 Å². The maximum atomic E-state index is 12.4. The van der Waals surface area contributed by atoms with Gasteiger partial charge in [0.1, 0.15) is 11.5 Å². The maximum Gasteiger partial charge on any atom is 0.201 e. The molecule has 0 fully saturated rings. The van der Waals surface area contributed by atoms with Gasteiger partial charge in [0.2, 0.25) is 5.78 Å². The second-order valence-corrected chi connectivity index (χ2v) is 9.11. The van der Waals surface area contributed by atoms with Crippen LogP contribution in [0.4, 0.5) is 0 Å². The molecule has 4 nitrogen and oxygen atoms in total. The third-order valence-corrected chi connectivity index (χ3v) is 5.34. The lowest BCUT2D eigenvalue weighted by atomic mass is 9.87. The van der Waals surface area contributed by atoms with Crippen LogP contribution >= 0.6 is 0 Å². The second kappa shape index (κ2) is 5.23. The van der Waals surface area contributed by atoms with E-state index in [9.17, 15) is 13.2 Å². The molecule has 0 unspecified atom stereocenters. The second-order valence-electron chi connectivity index (χ2n) is 7.12. The molecule has 0 radical (unpaired) electrons. The quantitative estimate of drug-likeness (QED) is 0.858. The summed E-state index contributed by atoms with van der Waals surface area (Å²) < 4.78 is 30.3. The van der Waals surface area contributed by atoms with Crippen molar-refractivity contribution < 1.29 is 17.9 Å². The van der Waals surface area contributed by atoms with E-state index in [0.29, 0.717) is 0 Å². The molecule has 0 saturated heterocycles. The Bertz CT molecular complexity index is 717. The summed E-state index contributed by atoms with van der Waals surface area (Å²) in [6.45, 7) is 9.47. The average molecular weight is 322 g/mol. The third kappa shape index (κ3) is 3.40. The van der Waals surface area contributed by atoms with Gasteiger partial charge in [-0.25, -0.2) is 8.42 Å². The molecule has 1 aliphatic heterocycles. The molecule has 0 amide bonds. The van der Waals surface area contributed by atoms with Crippen LogP contribution in [-0.2, 0) is 24.8 Å². The Morgan fingerprint density at radius 3 is 2.05 bits per heavy atom. The van der Waals surface area contributed by atoms with Crippen LogP contribution in [0.2, 0.25) is 0 Å². The van der Waals surface area contributed by atoms with Crippen molar-refractivity contribution in [1.82, 2.24) is 0 Å². The van der Waals surface area contributed by atoms with Crippen LogP contribution in [0.15, 0.2) is 41.0 Å². The Labute approximate surface area is 132 Å². The molecule has 0 aliphatic carbocycles. The first-order chi connectivity index (χ1) is 9.92. The lowest BCUT2D eigenvalue weighted by Gasteiger charge is -2.19. The highest BCUT2D eigenvalue weighted by Crippen LogP contribution is 2.28. The number of hydrogen-bond acceptors (Lipinski definition) is 4. The molecule has 1 aromatic rings. The number of hydrogen-bond donors (Lipinski definition) is 0. The summed E-state index contributed by atoms with van der Waals surface area (Å²) >= 11 is 0. The van der Waals surface area contributed by atoms with E-state index in [1.807, 2.05) is 12.1 Å². The minimum absolute atomic E-state index is 0.0319. The standard InChI is InChI=1S/C17H22O4S/c1-16(2,3)12-6-8-14(9-7-12)22(19,20)11-13-10-15(18)17(4,5)21-13/h6-10H,11H2,1-5H3. The van der Waals surface area contributed by atoms with Crippen LogP contribution in [0.3, 0.4) is 0 Å². The van der Waals surface area contributed by atoms with E-state index < -0.39 is 15.4 Å². The molecule has 5 heteroatoms. The van der Waals surface area contributed by atoms with Crippen molar-refractivity contribution in [3.05, 3.63) is 41.7 Å². The molecule has 120 valence electrons. The molecule has 0 N–H and O–H groups in total. The fraction of sp³-hybridized carbons (Fsp3) is 0.471.